The molecule has 5 heteroatoms. The van der Waals surface area contributed by atoms with Gasteiger partial charge in [-0.3, -0.25) is 0 Å². The second-order valence-corrected chi connectivity index (χ2v) is 7.25. The molecule has 0 fully saturated rings. The number of rotatable bonds is 3. The predicted octanol–water partition coefficient (Wildman–Crippen LogP) is 4.17. The lowest BCUT2D eigenvalue weighted by atomic mass is 10.3. The Kier molecular flexibility index (Phi) is 4.12. The zero-order chi connectivity index (χ0) is 15.7. The average molecular weight is 322 g/mol. The average Bonchev–Trinajstić information content (AvgIpc) is 2.90. The van der Waals surface area contributed by atoms with Crippen LogP contribution in [0.2, 0.25) is 0 Å². The van der Waals surface area contributed by atoms with Crippen LogP contribution in [0, 0.1) is 23.3 Å². The summed E-state index contributed by atoms with van der Waals surface area (Å²) in [5.41, 5.74) is -0.155. The van der Waals surface area contributed by atoms with Crippen LogP contribution in [0.15, 0.2) is 60.7 Å². The van der Waals surface area contributed by atoms with Crippen LogP contribution in [0.25, 0.3) is 0 Å². The normalized spacial score (nSPS) is 14.2. The van der Waals surface area contributed by atoms with Gasteiger partial charge in [0.25, 0.3) is 0 Å². The lowest BCUT2D eigenvalue weighted by Gasteiger charge is -2.23. The lowest BCUT2D eigenvalue weighted by molar-refractivity contribution is 0.585. The molecule has 1 aliphatic carbocycles. The second-order valence-electron chi connectivity index (χ2n) is 4.89. The van der Waals surface area contributed by atoms with Gasteiger partial charge in [0.15, 0.2) is 0 Å². The highest BCUT2D eigenvalue weighted by atomic mass is 31.1. The Labute approximate surface area is 126 Å². The topological polar surface area (TPSA) is 0 Å². The van der Waals surface area contributed by atoms with Crippen LogP contribution in [0.4, 0.5) is 17.6 Å². The van der Waals surface area contributed by atoms with Crippen molar-refractivity contribution in [2.75, 3.05) is 0 Å². The largest absolute Gasteiger partial charge is 0.207 e. The molecule has 0 amide bonds. The SMILES string of the molecule is Fc1cc(F)cc(P(c2cc(F)cc(F)c2)C2C=CC=C2)c1. The molecule has 0 radical (unpaired) electrons. The summed E-state index contributed by atoms with van der Waals surface area (Å²) >= 11 is 0. The Morgan fingerprint density at radius 1 is 0.591 bits per heavy atom. The minimum Gasteiger partial charge on any atom is -0.207 e. The van der Waals surface area contributed by atoms with Gasteiger partial charge in [-0.1, -0.05) is 24.3 Å². The molecule has 0 saturated carbocycles. The summed E-state index contributed by atoms with van der Waals surface area (Å²) in [6, 6.07) is 6.44. The van der Waals surface area contributed by atoms with Gasteiger partial charge in [-0.2, -0.15) is 0 Å². The van der Waals surface area contributed by atoms with Crippen LogP contribution in [-0.2, 0) is 0 Å². The predicted molar refractivity (Wildman–Crippen MR) is 81.0 cm³/mol. The molecule has 112 valence electrons. The molecule has 0 aliphatic heterocycles. The Hall–Kier alpha value is -1.93. The molecule has 0 heterocycles. The zero-order valence-electron chi connectivity index (χ0n) is 11.3. The fourth-order valence-electron chi connectivity index (χ4n) is 2.44. The van der Waals surface area contributed by atoms with Crippen LogP contribution in [0.1, 0.15) is 0 Å². The molecule has 22 heavy (non-hydrogen) atoms. The fourth-order valence-corrected chi connectivity index (χ4v) is 5.02. The van der Waals surface area contributed by atoms with Gasteiger partial charge in [-0.25, -0.2) is 17.6 Å². The quantitative estimate of drug-likeness (QED) is 0.588. The molecule has 3 rings (SSSR count). The van der Waals surface area contributed by atoms with E-state index in [-0.39, 0.29) is 5.66 Å². The highest BCUT2D eigenvalue weighted by Crippen LogP contribution is 2.43. The standard InChI is InChI=1S/C17H11F4P/c18-11-5-12(19)8-16(7-11)22(15-3-1-2-4-15)17-9-13(20)6-14(21)10-17/h1-10,15H. The summed E-state index contributed by atoms with van der Waals surface area (Å²) in [4.78, 5) is 0. The molecule has 1 aliphatic rings. The molecule has 2 aromatic carbocycles. The Bertz CT molecular complexity index is 663. The highest BCUT2D eigenvalue weighted by molar-refractivity contribution is 7.74. The van der Waals surface area contributed by atoms with Crippen molar-refractivity contribution in [1.29, 1.82) is 0 Å². The molecule has 2 aromatic rings. The number of halogens is 4. The van der Waals surface area contributed by atoms with Crippen molar-refractivity contribution < 1.29 is 17.6 Å². The van der Waals surface area contributed by atoms with Gasteiger partial charge < -0.3 is 0 Å². The molecular weight excluding hydrogens is 311 g/mol. The number of benzene rings is 2. The molecule has 0 N–H and O–H groups in total. The maximum atomic E-state index is 13.5. The first-order valence-electron chi connectivity index (χ1n) is 6.59. The second kappa shape index (κ2) is 6.05. The molecule has 0 spiro atoms. The van der Waals surface area contributed by atoms with Gasteiger partial charge in [-0.15, -0.1) is 0 Å². The summed E-state index contributed by atoms with van der Waals surface area (Å²) in [5.74, 6) is -2.81. The summed E-state index contributed by atoms with van der Waals surface area (Å²) in [6.45, 7) is 0. The van der Waals surface area contributed by atoms with Gasteiger partial charge in [0.2, 0.25) is 0 Å². The van der Waals surface area contributed by atoms with Gasteiger partial charge in [0.05, 0.1) is 0 Å². The first-order chi connectivity index (χ1) is 10.5. The molecule has 0 atom stereocenters. The Morgan fingerprint density at radius 2 is 0.955 bits per heavy atom. The first kappa shape index (κ1) is 15.0. The van der Waals surface area contributed by atoms with Gasteiger partial charge >= 0.3 is 0 Å². The van der Waals surface area contributed by atoms with E-state index in [1.807, 2.05) is 24.3 Å². The Balaban J connectivity index is 2.15. The molecular formula is C17H11F4P. The minimum atomic E-state index is -1.35. The van der Waals surface area contributed by atoms with Crippen molar-refractivity contribution in [3.05, 3.63) is 84.0 Å². The van der Waals surface area contributed by atoms with E-state index in [4.69, 9.17) is 0 Å². The van der Waals surface area contributed by atoms with Crippen LogP contribution in [0.5, 0.6) is 0 Å². The van der Waals surface area contributed by atoms with E-state index >= 15 is 0 Å². The third-order valence-electron chi connectivity index (χ3n) is 3.28. The molecule has 0 bridgehead atoms. The third-order valence-corrected chi connectivity index (χ3v) is 5.85. The molecule has 0 nitrogen and oxygen atoms in total. The fraction of sp³-hybridized carbons (Fsp3) is 0.0588. The van der Waals surface area contributed by atoms with Crippen LogP contribution in [-0.4, -0.2) is 5.66 Å². The maximum absolute atomic E-state index is 13.5. The number of allylic oxidation sites excluding steroid dienone is 4. The summed E-state index contributed by atoms with van der Waals surface area (Å²) in [6.07, 6.45) is 7.34. The van der Waals surface area contributed by atoms with E-state index < -0.39 is 31.2 Å². The van der Waals surface area contributed by atoms with Crippen molar-refractivity contribution >= 4 is 18.5 Å². The van der Waals surface area contributed by atoms with Gasteiger partial charge in [0.1, 0.15) is 23.3 Å². The molecule has 0 aromatic heterocycles. The van der Waals surface area contributed by atoms with Gasteiger partial charge in [-0.05, 0) is 42.8 Å². The highest BCUT2D eigenvalue weighted by Gasteiger charge is 2.24. The van der Waals surface area contributed by atoms with E-state index in [0.717, 1.165) is 12.1 Å². The van der Waals surface area contributed by atoms with Crippen LogP contribution >= 0.6 is 7.92 Å². The van der Waals surface area contributed by atoms with Crippen molar-refractivity contribution in [3.8, 4) is 0 Å². The summed E-state index contributed by atoms with van der Waals surface area (Å²) < 4.78 is 54.1. The van der Waals surface area contributed by atoms with E-state index in [1.54, 1.807) is 0 Å². The van der Waals surface area contributed by atoms with Crippen molar-refractivity contribution in [2.24, 2.45) is 0 Å². The van der Waals surface area contributed by atoms with Crippen molar-refractivity contribution in [3.63, 3.8) is 0 Å². The van der Waals surface area contributed by atoms with Crippen molar-refractivity contribution in [2.45, 2.75) is 5.66 Å². The Morgan fingerprint density at radius 3 is 1.32 bits per heavy atom. The monoisotopic (exact) mass is 322 g/mol. The zero-order valence-corrected chi connectivity index (χ0v) is 12.2. The van der Waals surface area contributed by atoms with E-state index in [0.29, 0.717) is 10.6 Å². The first-order valence-corrected chi connectivity index (χ1v) is 8.00. The smallest absolute Gasteiger partial charge is 0.126 e. The van der Waals surface area contributed by atoms with Gasteiger partial charge in [0, 0.05) is 17.8 Å². The van der Waals surface area contributed by atoms with Crippen molar-refractivity contribution in [1.82, 2.24) is 0 Å². The van der Waals surface area contributed by atoms with E-state index in [9.17, 15) is 17.6 Å². The van der Waals surface area contributed by atoms with Crippen LogP contribution < -0.4 is 10.6 Å². The molecule has 0 saturated heterocycles. The van der Waals surface area contributed by atoms with Crippen LogP contribution in [0.3, 0.4) is 0 Å². The maximum Gasteiger partial charge on any atom is 0.126 e. The number of hydrogen-bond donors (Lipinski definition) is 0. The summed E-state index contributed by atoms with van der Waals surface area (Å²) in [5, 5.41) is 0.803. The van der Waals surface area contributed by atoms with E-state index in [1.165, 1.54) is 24.3 Å². The minimum absolute atomic E-state index is 0.155. The number of hydrogen-bond acceptors (Lipinski definition) is 0. The molecule has 0 unspecified atom stereocenters. The van der Waals surface area contributed by atoms with E-state index in [2.05, 4.69) is 0 Å². The summed E-state index contributed by atoms with van der Waals surface area (Å²) in [7, 11) is -1.35. The lowest BCUT2D eigenvalue weighted by Crippen LogP contribution is -2.20. The third kappa shape index (κ3) is 3.12.